The molecule has 0 heterocycles. The van der Waals surface area contributed by atoms with Gasteiger partial charge in [-0.05, 0) is 66.7 Å². The van der Waals surface area contributed by atoms with Gasteiger partial charge in [-0.2, -0.15) is 0 Å². The van der Waals surface area contributed by atoms with Gasteiger partial charge in [0.05, 0.1) is 22.8 Å². The minimum Gasteiger partial charge on any atom is -0.378 e. The van der Waals surface area contributed by atoms with Crippen molar-refractivity contribution in [3.05, 3.63) is 58.7 Å². The summed E-state index contributed by atoms with van der Waals surface area (Å²) in [4.78, 5) is 10.1. The van der Waals surface area contributed by atoms with Gasteiger partial charge in [0.15, 0.2) is 0 Å². The van der Waals surface area contributed by atoms with E-state index in [1.54, 1.807) is 0 Å². The van der Waals surface area contributed by atoms with Crippen molar-refractivity contribution >= 4 is 22.8 Å². The molecule has 2 aromatic carbocycles. The zero-order chi connectivity index (χ0) is 25.1. The maximum Gasteiger partial charge on any atom is 0.137 e. The van der Waals surface area contributed by atoms with Crippen LogP contribution in [0.25, 0.3) is 0 Å². The van der Waals surface area contributed by atoms with Gasteiger partial charge in [0.1, 0.15) is 5.60 Å². The zero-order valence-electron chi connectivity index (χ0n) is 22.6. The van der Waals surface area contributed by atoms with Crippen molar-refractivity contribution < 1.29 is 5.11 Å². The van der Waals surface area contributed by atoms with E-state index in [2.05, 4.69) is 91.8 Å². The van der Waals surface area contributed by atoms with Crippen molar-refractivity contribution in [2.45, 2.75) is 105 Å². The van der Waals surface area contributed by atoms with Gasteiger partial charge in [0.2, 0.25) is 0 Å². The molecule has 0 fully saturated rings. The summed E-state index contributed by atoms with van der Waals surface area (Å²) >= 11 is 0. The largest absolute Gasteiger partial charge is 0.378 e. The molecule has 0 unspecified atom stereocenters. The summed E-state index contributed by atoms with van der Waals surface area (Å²) in [6, 6.07) is 12.8. The average molecular weight is 449 g/mol. The minimum atomic E-state index is -1.25. The summed E-state index contributed by atoms with van der Waals surface area (Å²) in [6.07, 6.45) is 0. The van der Waals surface area contributed by atoms with Crippen molar-refractivity contribution in [2.75, 3.05) is 0 Å². The lowest BCUT2D eigenvalue weighted by molar-refractivity contribution is 0.203. The number of aliphatic imine (C=N–C) groups is 2. The second-order valence-electron chi connectivity index (χ2n) is 10.7. The van der Waals surface area contributed by atoms with E-state index in [1.165, 1.54) is 22.3 Å². The molecule has 0 aromatic heterocycles. The van der Waals surface area contributed by atoms with Gasteiger partial charge < -0.3 is 5.11 Å². The highest BCUT2D eigenvalue weighted by molar-refractivity contribution is 6.14. The second-order valence-corrected chi connectivity index (χ2v) is 10.7. The Labute approximate surface area is 202 Å². The fourth-order valence-corrected chi connectivity index (χ4v) is 4.10. The molecule has 0 amide bonds. The highest BCUT2D eigenvalue weighted by Gasteiger charge is 2.30. The van der Waals surface area contributed by atoms with Gasteiger partial charge in [-0.15, -0.1) is 0 Å². The molecule has 0 saturated carbocycles. The molecule has 0 aliphatic heterocycles. The van der Waals surface area contributed by atoms with Crippen LogP contribution in [-0.2, 0) is 0 Å². The standard InChI is InChI=1S/C30H44N2O/c1-18(2)24-14-12-15-25(19(3)4)28(24)31-22(9)30(11,33)23(10)32-29-26(20(5)6)16-13-17-27(29)21(7)8/h12-21,33H,1-11H3. The lowest BCUT2D eigenvalue weighted by Gasteiger charge is -2.26. The molecular formula is C30H44N2O. The molecule has 0 aliphatic carbocycles. The topological polar surface area (TPSA) is 45.0 Å². The number of hydrogen-bond donors (Lipinski definition) is 1. The van der Waals surface area contributed by atoms with E-state index in [0.717, 1.165) is 11.4 Å². The van der Waals surface area contributed by atoms with Crippen molar-refractivity contribution in [1.82, 2.24) is 0 Å². The van der Waals surface area contributed by atoms with Gasteiger partial charge in [-0.25, -0.2) is 0 Å². The Morgan fingerprint density at radius 1 is 0.606 bits per heavy atom. The molecule has 0 saturated heterocycles. The maximum atomic E-state index is 11.6. The number of aliphatic hydroxyl groups is 1. The van der Waals surface area contributed by atoms with E-state index in [9.17, 15) is 5.11 Å². The lowest BCUT2D eigenvalue weighted by atomic mass is 9.90. The molecule has 2 rings (SSSR count). The summed E-state index contributed by atoms with van der Waals surface area (Å²) in [5.41, 5.74) is 6.86. The van der Waals surface area contributed by atoms with Gasteiger partial charge in [0.25, 0.3) is 0 Å². The molecule has 1 N–H and O–H groups in total. The van der Waals surface area contributed by atoms with Crippen LogP contribution in [0.5, 0.6) is 0 Å². The molecule has 3 heteroatoms. The van der Waals surface area contributed by atoms with Crippen LogP contribution in [-0.4, -0.2) is 22.1 Å². The Bertz CT molecular complexity index is 890. The van der Waals surface area contributed by atoms with Crippen LogP contribution < -0.4 is 0 Å². The number of para-hydroxylation sites is 2. The van der Waals surface area contributed by atoms with Gasteiger partial charge in [0, 0.05) is 0 Å². The van der Waals surface area contributed by atoms with E-state index in [-0.39, 0.29) is 0 Å². The zero-order valence-corrected chi connectivity index (χ0v) is 22.6. The SMILES string of the molecule is CC(=Nc1c(C(C)C)cccc1C(C)C)C(C)(O)C(C)=Nc1c(C(C)C)cccc1C(C)C. The molecule has 0 radical (unpaired) electrons. The van der Waals surface area contributed by atoms with Crippen molar-refractivity contribution in [1.29, 1.82) is 0 Å². The number of benzene rings is 2. The molecule has 0 bridgehead atoms. The third-order valence-corrected chi connectivity index (χ3v) is 6.65. The number of hydrogen-bond acceptors (Lipinski definition) is 3. The first-order valence-electron chi connectivity index (χ1n) is 12.4. The normalized spacial score (nSPS) is 15.2. The molecule has 0 aliphatic rings. The van der Waals surface area contributed by atoms with E-state index in [0.29, 0.717) is 35.1 Å². The first kappa shape index (κ1) is 27.0. The van der Waals surface area contributed by atoms with Crippen molar-refractivity contribution in [3.63, 3.8) is 0 Å². The predicted molar refractivity (Wildman–Crippen MR) is 145 cm³/mol. The molecule has 0 atom stereocenters. The van der Waals surface area contributed by atoms with Crippen LogP contribution >= 0.6 is 0 Å². The number of nitrogens with zero attached hydrogens (tertiary/aromatic N) is 2. The fraction of sp³-hybridized carbons (Fsp3) is 0.533. The van der Waals surface area contributed by atoms with Crippen molar-refractivity contribution in [3.8, 4) is 0 Å². The molecule has 180 valence electrons. The predicted octanol–water partition coefficient (Wildman–Crippen LogP) is 8.82. The van der Waals surface area contributed by atoms with Gasteiger partial charge in [-0.3, -0.25) is 9.98 Å². The quantitative estimate of drug-likeness (QED) is 0.403. The molecular weight excluding hydrogens is 404 g/mol. The summed E-state index contributed by atoms with van der Waals surface area (Å²) < 4.78 is 0. The van der Waals surface area contributed by atoms with Crippen molar-refractivity contribution in [2.24, 2.45) is 9.98 Å². The number of rotatable bonds is 8. The lowest BCUT2D eigenvalue weighted by Crippen LogP contribution is -2.40. The monoisotopic (exact) mass is 448 g/mol. The second kappa shape index (κ2) is 10.8. The average Bonchev–Trinajstić information content (AvgIpc) is 2.72. The van der Waals surface area contributed by atoms with Crippen LogP contribution in [0.3, 0.4) is 0 Å². The summed E-state index contributed by atoms with van der Waals surface area (Å²) in [7, 11) is 0. The Hall–Kier alpha value is -2.26. The molecule has 3 nitrogen and oxygen atoms in total. The highest BCUT2D eigenvalue weighted by atomic mass is 16.3. The first-order chi connectivity index (χ1) is 15.3. The first-order valence-corrected chi connectivity index (χ1v) is 12.4. The highest BCUT2D eigenvalue weighted by Crippen LogP contribution is 2.37. The van der Waals surface area contributed by atoms with Gasteiger partial charge in [-0.1, -0.05) is 91.8 Å². The maximum absolute atomic E-state index is 11.6. The Morgan fingerprint density at radius 2 is 0.848 bits per heavy atom. The Morgan fingerprint density at radius 3 is 1.06 bits per heavy atom. The Balaban J connectivity index is 2.65. The third-order valence-electron chi connectivity index (χ3n) is 6.65. The van der Waals surface area contributed by atoms with E-state index >= 15 is 0 Å². The smallest absolute Gasteiger partial charge is 0.137 e. The molecule has 2 aromatic rings. The van der Waals surface area contributed by atoms with E-state index < -0.39 is 5.60 Å². The van der Waals surface area contributed by atoms with E-state index in [4.69, 9.17) is 9.98 Å². The minimum absolute atomic E-state index is 0.349. The summed E-state index contributed by atoms with van der Waals surface area (Å²) in [6.45, 7) is 23.2. The van der Waals surface area contributed by atoms with Crippen LogP contribution in [0.1, 0.15) is 122 Å². The summed E-state index contributed by atoms with van der Waals surface area (Å²) in [5.74, 6) is 1.39. The van der Waals surface area contributed by atoms with Crippen LogP contribution in [0.15, 0.2) is 46.4 Å². The third kappa shape index (κ3) is 6.00. The molecule has 0 spiro atoms. The van der Waals surface area contributed by atoms with Crippen LogP contribution in [0, 0.1) is 0 Å². The molecule has 33 heavy (non-hydrogen) atoms. The Kier molecular flexibility index (Phi) is 8.81. The fourth-order valence-electron chi connectivity index (χ4n) is 4.10. The van der Waals surface area contributed by atoms with Crippen LogP contribution in [0.2, 0.25) is 0 Å². The van der Waals surface area contributed by atoms with Crippen LogP contribution in [0.4, 0.5) is 11.4 Å². The van der Waals surface area contributed by atoms with Gasteiger partial charge >= 0.3 is 0 Å². The summed E-state index contributed by atoms with van der Waals surface area (Å²) in [5, 5.41) is 11.6. The van der Waals surface area contributed by atoms with E-state index in [1.807, 2.05) is 20.8 Å².